The summed E-state index contributed by atoms with van der Waals surface area (Å²) in [6.07, 6.45) is 1.82. The molecule has 6 aliphatic rings. The number of likely N-dealkylation sites (tertiary alicyclic amines) is 3. The molecule has 6 aromatic rings. The highest BCUT2D eigenvalue weighted by Crippen LogP contribution is 2.41. The van der Waals surface area contributed by atoms with E-state index in [9.17, 15) is 40.6 Å². The molecule has 9 heterocycles. The summed E-state index contributed by atoms with van der Waals surface area (Å²) in [5.41, 5.74) is 1.10. The summed E-state index contributed by atoms with van der Waals surface area (Å²) < 4.78 is 117. The van der Waals surface area contributed by atoms with Crippen LogP contribution in [0.5, 0.6) is 17.6 Å². The summed E-state index contributed by atoms with van der Waals surface area (Å²) in [6, 6.07) is 5.18. The van der Waals surface area contributed by atoms with Crippen LogP contribution in [0.15, 0.2) is 34.3 Å². The molecule has 12 rings (SSSR count). The first-order chi connectivity index (χ1) is 42.9. The zero-order valence-corrected chi connectivity index (χ0v) is 53.8. The van der Waals surface area contributed by atoms with Gasteiger partial charge in [0.2, 0.25) is 35.4 Å². The molecule has 0 atom stereocenters. The van der Waals surface area contributed by atoms with Crippen LogP contribution in [0.2, 0.25) is 0 Å². The van der Waals surface area contributed by atoms with Gasteiger partial charge in [0.05, 0.1) is 24.6 Å². The Bertz CT molecular complexity index is 3200. The number of rotatable bonds is 19. The molecule has 6 fully saturated rings. The van der Waals surface area contributed by atoms with Crippen LogP contribution in [0, 0.1) is 0 Å². The van der Waals surface area contributed by atoms with Crippen molar-refractivity contribution in [3.63, 3.8) is 0 Å². The van der Waals surface area contributed by atoms with Gasteiger partial charge in [-0.2, -0.15) is 15.0 Å². The molecule has 21 nitrogen and oxygen atoms in total. The Labute approximate surface area is 530 Å². The van der Waals surface area contributed by atoms with Gasteiger partial charge in [0.1, 0.15) is 42.4 Å². The van der Waals surface area contributed by atoms with Crippen molar-refractivity contribution in [2.45, 2.75) is 151 Å². The van der Waals surface area contributed by atoms with E-state index < -0.39 is 30.4 Å². The van der Waals surface area contributed by atoms with Crippen molar-refractivity contribution in [1.82, 2.24) is 59.6 Å². The molecular formula is C59H76F7N15O6S3. The maximum atomic E-state index is 13.6. The monoisotopic (exact) mass is 1320 g/mol. The lowest BCUT2D eigenvalue weighted by molar-refractivity contribution is -0.0384. The molecule has 3 saturated heterocycles. The Morgan fingerprint density at radius 3 is 1.14 bits per heavy atom. The third kappa shape index (κ3) is 17.3. The number of hydrogen-bond donors (Lipinski definition) is 1. The molecule has 0 spiro atoms. The highest BCUT2D eigenvalue weighted by molar-refractivity contribution is 7.13. The Hall–Kier alpha value is -6.25. The number of aromatic nitrogens is 9. The molecule has 90 heavy (non-hydrogen) atoms. The fourth-order valence-electron chi connectivity index (χ4n) is 11.3. The van der Waals surface area contributed by atoms with E-state index >= 15 is 0 Å². The Balaban J connectivity index is 0.000000149. The van der Waals surface area contributed by atoms with Gasteiger partial charge in [0.25, 0.3) is 0 Å². The number of carbonyl (C=O) groups is 1. The number of aliphatic hydroxyl groups is 1. The van der Waals surface area contributed by atoms with Crippen molar-refractivity contribution in [1.29, 1.82) is 0 Å². The van der Waals surface area contributed by atoms with Gasteiger partial charge in [-0.05, 0) is 66.6 Å². The molecule has 0 unspecified atom stereocenters. The van der Waals surface area contributed by atoms with Crippen LogP contribution in [0.3, 0.4) is 0 Å². The van der Waals surface area contributed by atoms with Crippen molar-refractivity contribution in [3.8, 4) is 50.1 Å². The number of carbonyl (C=O) groups excluding carboxylic acids is 1. The number of thiazole rings is 3. The molecule has 0 radical (unpaired) electrons. The highest BCUT2D eigenvalue weighted by atomic mass is 32.1. The fourth-order valence-corrected chi connectivity index (χ4v) is 13.5. The number of aliphatic hydroxyl groups excluding tert-OH is 1. The van der Waals surface area contributed by atoms with Gasteiger partial charge in [0, 0.05) is 151 Å². The predicted molar refractivity (Wildman–Crippen MR) is 329 cm³/mol. The Morgan fingerprint density at radius 1 is 0.522 bits per heavy atom. The quantitative estimate of drug-likeness (QED) is 0.0590. The number of nitrogens with zero attached hydrogens (tertiary/aromatic N) is 15. The third-order valence-corrected chi connectivity index (χ3v) is 19.4. The van der Waals surface area contributed by atoms with E-state index in [2.05, 4.69) is 59.6 Å². The van der Waals surface area contributed by atoms with Crippen molar-refractivity contribution >= 4 is 57.4 Å². The number of esters is 1. The minimum atomic E-state index is -2.59. The number of ether oxygens (including phenoxy) is 4. The lowest BCUT2D eigenvalue weighted by Gasteiger charge is -2.36. The molecule has 490 valence electrons. The summed E-state index contributed by atoms with van der Waals surface area (Å²) in [5.74, 6) is -4.02. The summed E-state index contributed by atoms with van der Waals surface area (Å²) in [6.45, 7) is 6.07. The van der Waals surface area contributed by atoms with Gasteiger partial charge in [0.15, 0.2) is 38.2 Å². The van der Waals surface area contributed by atoms with Crippen LogP contribution in [-0.2, 0) is 18.0 Å². The second-order valence-electron chi connectivity index (χ2n) is 24.0. The van der Waals surface area contributed by atoms with Crippen LogP contribution < -0.4 is 28.9 Å². The summed E-state index contributed by atoms with van der Waals surface area (Å²) in [5, 5.41) is 15.9. The normalized spacial score (nSPS) is 20.1. The van der Waals surface area contributed by atoms with Gasteiger partial charge in [-0.1, -0.05) is 0 Å². The number of alkyl halides is 7. The topological polar surface area (TPSA) is 210 Å². The molecular weight excluding hydrogens is 1240 g/mol. The average molecular weight is 1320 g/mol. The molecule has 31 heteroatoms. The lowest BCUT2D eigenvalue weighted by Crippen LogP contribution is -2.51. The summed E-state index contributed by atoms with van der Waals surface area (Å²) in [7, 11) is 11.6. The van der Waals surface area contributed by atoms with Gasteiger partial charge in [-0.25, -0.2) is 65.4 Å². The minimum Gasteiger partial charge on any atom is -0.471 e. The molecule has 3 saturated carbocycles. The molecule has 1 N–H and O–H groups in total. The second-order valence-corrected chi connectivity index (χ2v) is 26.6. The first kappa shape index (κ1) is 66.7. The highest BCUT2D eigenvalue weighted by Gasteiger charge is 2.40. The van der Waals surface area contributed by atoms with Crippen molar-refractivity contribution in [2.75, 3.05) is 103 Å². The van der Waals surface area contributed by atoms with E-state index in [4.69, 9.17) is 18.9 Å². The van der Waals surface area contributed by atoms with E-state index in [0.717, 1.165) is 39.3 Å². The van der Waals surface area contributed by atoms with Crippen molar-refractivity contribution in [3.05, 3.63) is 51.4 Å². The van der Waals surface area contributed by atoms with E-state index in [0.29, 0.717) is 118 Å². The molecule has 0 bridgehead atoms. The summed E-state index contributed by atoms with van der Waals surface area (Å²) in [4.78, 5) is 64.5. The van der Waals surface area contributed by atoms with E-state index in [1.54, 1.807) is 41.3 Å². The zero-order chi connectivity index (χ0) is 64.1. The molecule has 0 amide bonds. The predicted octanol–water partition coefficient (Wildman–Crippen LogP) is 10.1. The van der Waals surface area contributed by atoms with Crippen molar-refractivity contribution in [2.24, 2.45) is 0 Å². The molecule has 3 aliphatic carbocycles. The maximum Gasteiger partial charge on any atom is 0.357 e. The van der Waals surface area contributed by atoms with Crippen molar-refractivity contribution < 1.29 is 59.6 Å². The third-order valence-electron chi connectivity index (χ3n) is 16.8. The maximum absolute atomic E-state index is 13.6. The molecule has 0 aromatic carbocycles. The zero-order valence-electron chi connectivity index (χ0n) is 51.3. The first-order valence-corrected chi connectivity index (χ1v) is 32.8. The molecule has 6 aromatic heterocycles. The smallest absolute Gasteiger partial charge is 0.357 e. The summed E-state index contributed by atoms with van der Waals surface area (Å²) >= 11 is 3.87. The second kappa shape index (κ2) is 28.7. The van der Waals surface area contributed by atoms with Crippen LogP contribution in [0.4, 0.5) is 48.2 Å². The largest absolute Gasteiger partial charge is 0.471 e. The van der Waals surface area contributed by atoms with Crippen LogP contribution in [-0.4, -0.2) is 213 Å². The fraction of sp³-hybridized carbons (Fsp3) is 0.627. The number of halogens is 7. The molecule has 3 aliphatic heterocycles. The Morgan fingerprint density at radius 2 is 0.844 bits per heavy atom. The SMILES string of the molecule is CCOC(=O)c1csc(-c2nc(OC3CN(C)C3)cc(N(C)C3CCC(F)(F)CC3)n2)n1.CN1CC(Oc2cc(N(C)C3CCC(F)(F)CC3)nc(-c3nc(CF)cs3)n2)C1.CN1CC(Oc2cc(N(C)C3CCC(F)(F)CC3)nc(-c3nc(CO)cs3)n2)C1. The van der Waals surface area contributed by atoms with Crippen LogP contribution >= 0.6 is 34.0 Å². The van der Waals surface area contributed by atoms with E-state index in [1.807, 2.05) is 57.0 Å². The van der Waals surface area contributed by atoms with Gasteiger partial charge < -0.3 is 38.8 Å². The number of anilines is 3. The number of likely N-dealkylation sites (N-methyl/N-ethyl adjacent to an activating group) is 3. The lowest BCUT2D eigenvalue weighted by atomic mass is 9.91. The Kier molecular flexibility index (Phi) is 21.3. The number of hydrogen-bond acceptors (Lipinski definition) is 24. The van der Waals surface area contributed by atoms with Gasteiger partial charge in [-0.15, -0.1) is 34.0 Å². The first-order valence-electron chi connectivity index (χ1n) is 30.1. The van der Waals surface area contributed by atoms with Crippen LogP contribution in [0.25, 0.3) is 32.5 Å². The minimum absolute atomic E-state index is 0.00985. The van der Waals surface area contributed by atoms with Gasteiger partial charge in [-0.3, -0.25) is 14.7 Å². The van der Waals surface area contributed by atoms with E-state index in [1.165, 1.54) is 34.0 Å². The van der Waals surface area contributed by atoms with E-state index in [-0.39, 0.29) is 93.9 Å². The average Bonchev–Trinajstić information content (AvgIpc) is 1.39. The van der Waals surface area contributed by atoms with Crippen LogP contribution in [0.1, 0.15) is 106 Å². The standard InChI is InChI=1S/C21H27F2N5O3S.C19H24F3N5OS.C19H25F2N5O2S/c1-4-30-20(29)15-12-32-19(24-15)18-25-16(9-17(26-18)31-14-10-27(2)11-14)28(3)13-5-7-21(22,23)8-6-13;1-26-9-14(10-26)28-16-7-15(27(2)13-3-5-19(21,22)6-4-13)24-17(25-16)18-23-12(8-20)11-29-18;1-25-8-14(9-25)28-16-7-15(26(2)13-3-5-19(20,21)6-4-13)23-17(24-16)18-22-12(10-27)11-29-18/h9,12-14H,4-8,10-11H2,1-3H3;7,11,13-14H,3-6,8-10H2,1-2H3;7,11,13-14,27H,3-6,8-10H2,1-2H3. The van der Waals surface area contributed by atoms with Gasteiger partial charge >= 0.3 is 5.97 Å².